The van der Waals surface area contributed by atoms with Crippen LogP contribution in [0.2, 0.25) is 10.0 Å². The summed E-state index contributed by atoms with van der Waals surface area (Å²) < 4.78 is 0. The molecule has 0 saturated heterocycles. The number of hydrogen-bond acceptors (Lipinski definition) is 4. The minimum absolute atomic E-state index is 0.119. The number of fused-ring (bicyclic) bond motifs is 1. The van der Waals surface area contributed by atoms with E-state index in [2.05, 4.69) is 5.32 Å². The smallest absolute Gasteiger partial charge is 0.219 e. The molecular weight excluding hydrogens is 361 g/mol. The van der Waals surface area contributed by atoms with E-state index in [1.54, 1.807) is 12.1 Å². The molecule has 2 aromatic carbocycles. The largest absolute Gasteiger partial charge is 0.364 e. The highest BCUT2D eigenvalue weighted by molar-refractivity contribution is 6.40. The van der Waals surface area contributed by atoms with Gasteiger partial charge in [-0.15, -0.1) is 0 Å². The van der Waals surface area contributed by atoms with Crippen LogP contribution < -0.4 is 5.32 Å². The molecule has 0 aromatic heterocycles. The maximum Gasteiger partial charge on any atom is 0.219 e. The average Bonchev–Trinajstić information content (AvgIpc) is 3.39. The lowest BCUT2D eigenvalue weighted by Gasteiger charge is -2.21. The summed E-state index contributed by atoms with van der Waals surface area (Å²) in [5, 5.41) is 13.9. The molecule has 4 rings (SSSR count). The summed E-state index contributed by atoms with van der Waals surface area (Å²) in [6, 6.07) is 10.4. The van der Waals surface area contributed by atoms with E-state index < -0.39 is 17.9 Å². The Balaban J connectivity index is 1.57. The van der Waals surface area contributed by atoms with E-state index in [9.17, 15) is 14.7 Å². The summed E-state index contributed by atoms with van der Waals surface area (Å²) in [5.74, 6) is -0.367. The Morgan fingerprint density at radius 2 is 1.76 bits per heavy atom. The second kappa shape index (κ2) is 5.84. The Kier molecular flexibility index (Phi) is 3.87. The molecule has 0 spiro atoms. The van der Waals surface area contributed by atoms with E-state index in [4.69, 9.17) is 23.2 Å². The van der Waals surface area contributed by atoms with Crippen LogP contribution in [0.5, 0.6) is 0 Å². The van der Waals surface area contributed by atoms with Crippen LogP contribution in [0.15, 0.2) is 36.4 Å². The summed E-state index contributed by atoms with van der Waals surface area (Å²) in [5.41, 5.74) is 0.0208. The molecule has 2 aliphatic rings. The quantitative estimate of drug-likeness (QED) is 0.775. The van der Waals surface area contributed by atoms with Crippen molar-refractivity contribution in [1.29, 1.82) is 0 Å². The Morgan fingerprint density at radius 1 is 1.12 bits per heavy atom. The number of anilines is 1. The number of hydrogen-bond donors (Lipinski definition) is 2. The maximum absolute atomic E-state index is 12.6. The van der Waals surface area contributed by atoms with Crippen LogP contribution >= 0.6 is 23.2 Å². The fourth-order valence-electron chi connectivity index (χ4n) is 3.18. The molecule has 0 amide bonds. The van der Waals surface area contributed by atoms with Gasteiger partial charge in [0.2, 0.25) is 11.5 Å². The van der Waals surface area contributed by atoms with Crippen LogP contribution in [-0.4, -0.2) is 22.4 Å². The molecule has 1 aliphatic heterocycles. The van der Waals surface area contributed by atoms with Crippen molar-refractivity contribution in [3.8, 4) is 0 Å². The van der Waals surface area contributed by atoms with Crippen molar-refractivity contribution < 1.29 is 14.7 Å². The van der Waals surface area contributed by atoms with Gasteiger partial charge < -0.3 is 10.4 Å². The monoisotopic (exact) mass is 375 g/mol. The predicted octanol–water partition coefficient (Wildman–Crippen LogP) is 4.44. The molecule has 2 aromatic rings. The molecule has 1 aliphatic carbocycles. The first kappa shape index (κ1) is 16.6. The van der Waals surface area contributed by atoms with E-state index >= 15 is 0 Å². The fourth-order valence-corrected chi connectivity index (χ4v) is 3.63. The van der Waals surface area contributed by atoms with Gasteiger partial charge in [0.05, 0.1) is 27.7 Å². The third-order valence-corrected chi connectivity index (χ3v) is 5.37. The van der Waals surface area contributed by atoms with Gasteiger partial charge >= 0.3 is 0 Å². The number of halogens is 2. The second-order valence-corrected chi connectivity index (χ2v) is 7.40. The molecule has 0 radical (unpaired) electrons. The molecule has 1 fully saturated rings. The van der Waals surface area contributed by atoms with Crippen LogP contribution in [0.4, 0.5) is 5.69 Å². The zero-order valence-electron chi connectivity index (χ0n) is 13.2. The standard InChI is InChI=1S/C19H15Cl2NO3/c20-13-7-8-14(21)17-16(13)18(24)19(25,22-17)9-15(23)12-5-3-11(4-6-12)10-1-2-10/h3-8,10,22,25H,1-2,9H2. The normalized spacial score (nSPS) is 21.8. The van der Waals surface area contributed by atoms with Crippen molar-refractivity contribution in [1.82, 2.24) is 0 Å². The van der Waals surface area contributed by atoms with Crippen molar-refractivity contribution in [2.75, 3.05) is 5.32 Å². The lowest BCUT2D eigenvalue weighted by atomic mass is 9.96. The van der Waals surface area contributed by atoms with Crippen molar-refractivity contribution in [3.63, 3.8) is 0 Å². The predicted molar refractivity (Wildman–Crippen MR) is 96.7 cm³/mol. The minimum atomic E-state index is -2.04. The summed E-state index contributed by atoms with van der Waals surface area (Å²) in [6.07, 6.45) is 1.98. The van der Waals surface area contributed by atoms with Gasteiger partial charge in [0.15, 0.2) is 5.78 Å². The van der Waals surface area contributed by atoms with Gasteiger partial charge in [-0.3, -0.25) is 9.59 Å². The number of nitrogens with one attached hydrogen (secondary N) is 1. The van der Waals surface area contributed by atoms with E-state index in [0.717, 1.165) is 0 Å². The van der Waals surface area contributed by atoms with Crippen LogP contribution in [0.3, 0.4) is 0 Å². The second-order valence-electron chi connectivity index (χ2n) is 6.59. The van der Waals surface area contributed by atoms with E-state index in [0.29, 0.717) is 11.5 Å². The highest BCUT2D eigenvalue weighted by atomic mass is 35.5. The fraction of sp³-hybridized carbons (Fsp3) is 0.263. The summed E-state index contributed by atoms with van der Waals surface area (Å²) in [4.78, 5) is 25.2. The Labute approximate surface area is 154 Å². The molecule has 128 valence electrons. The lowest BCUT2D eigenvalue weighted by Crippen LogP contribution is -2.43. The first-order valence-electron chi connectivity index (χ1n) is 8.05. The van der Waals surface area contributed by atoms with Crippen molar-refractivity contribution in [2.45, 2.75) is 30.9 Å². The van der Waals surface area contributed by atoms with E-state index in [1.807, 2.05) is 12.1 Å². The Bertz CT molecular complexity index is 890. The van der Waals surface area contributed by atoms with Crippen molar-refractivity contribution in [2.24, 2.45) is 0 Å². The van der Waals surface area contributed by atoms with Gasteiger partial charge in [-0.25, -0.2) is 0 Å². The molecule has 0 bridgehead atoms. The number of carbonyl (C=O) groups is 2. The molecule has 25 heavy (non-hydrogen) atoms. The molecule has 1 saturated carbocycles. The summed E-state index contributed by atoms with van der Waals surface area (Å²) in [7, 11) is 0. The van der Waals surface area contributed by atoms with Crippen molar-refractivity contribution in [3.05, 3.63) is 63.1 Å². The first-order chi connectivity index (χ1) is 11.9. The zero-order valence-corrected chi connectivity index (χ0v) is 14.7. The van der Waals surface area contributed by atoms with Gasteiger partial charge in [0.25, 0.3) is 0 Å². The number of ketones is 2. The van der Waals surface area contributed by atoms with Gasteiger partial charge in [0, 0.05) is 5.56 Å². The van der Waals surface area contributed by atoms with Gasteiger partial charge in [-0.2, -0.15) is 0 Å². The Morgan fingerprint density at radius 3 is 2.36 bits per heavy atom. The number of benzene rings is 2. The van der Waals surface area contributed by atoms with E-state index in [-0.39, 0.29) is 27.1 Å². The number of rotatable bonds is 4. The Hall–Kier alpha value is -1.88. The topological polar surface area (TPSA) is 66.4 Å². The third-order valence-electron chi connectivity index (χ3n) is 4.74. The lowest BCUT2D eigenvalue weighted by molar-refractivity contribution is 0.0424. The molecule has 1 atom stereocenters. The summed E-state index contributed by atoms with van der Waals surface area (Å²) in [6.45, 7) is 0. The van der Waals surface area contributed by atoms with Crippen molar-refractivity contribution >= 4 is 40.5 Å². The maximum atomic E-state index is 12.6. The van der Waals surface area contributed by atoms with Gasteiger partial charge in [0.1, 0.15) is 0 Å². The highest BCUT2D eigenvalue weighted by Crippen LogP contribution is 2.42. The molecule has 2 N–H and O–H groups in total. The van der Waals surface area contributed by atoms with Crippen LogP contribution in [0.25, 0.3) is 0 Å². The molecule has 6 heteroatoms. The van der Waals surface area contributed by atoms with Gasteiger partial charge in [-0.1, -0.05) is 47.5 Å². The first-order valence-corrected chi connectivity index (χ1v) is 8.81. The van der Waals surface area contributed by atoms with Crippen LogP contribution in [-0.2, 0) is 0 Å². The minimum Gasteiger partial charge on any atom is -0.364 e. The third kappa shape index (κ3) is 2.84. The number of aliphatic hydroxyl groups is 1. The molecular formula is C19H15Cl2NO3. The average molecular weight is 376 g/mol. The van der Waals surface area contributed by atoms with E-state index in [1.165, 1.54) is 30.5 Å². The molecule has 4 nitrogen and oxygen atoms in total. The highest BCUT2D eigenvalue weighted by Gasteiger charge is 2.47. The van der Waals surface area contributed by atoms with Crippen LogP contribution in [0, 0.1) is 0 Å². The number of Topliss-reactive ketones (excluding diaryl/α,β-unsaturated/α-hetero) is 2. The van der Waals surface area contributed by atoms with Crippen LogP contribution in [0.1, 0.15) is 51.5 Å². The molecule has 1 heterocycles. The molecule has 1 unspecified atom stereocenters. The summed E-state index contributed by atoms with van der Waals surface area (Å²) >= 11 is 12.1. The SMILES string of the molecule is O=C(CC1(O)Nc2c(Cl)ccc(Cl)c2C1=O)c1ccc(C2CC2)cc1. The zero-order chi connectivity index (χ0) is 17.8. The van der Waals surface area contributed by atoms with Gasteiger partial charge in [-0.05, 0) is 36.5 Å². The number of carbonyl (C=O) groups excluding carboxylic acids is 2.